The number of likely N-dealkylation sites (tertiary alicyclic amines) is 1. The molecule has 0 spiro atoms. The molecule has 2 rings (SSSR count). The predicted molar refractivity (Wildman–Crippen MR) is 68.8 cm³/mol. The Morgan fingerprint density at radius 1 is 1.33 bits per heavy atom. The van der Waals surface area contributed by atoms with Crippen LogP contribution in [-0.2, 0) is 9.59 Å². The van der Waals surface area contributed by atoms with E-state index >= 15 is 0 Å². The molecule has 1 aliphatic heterocycles. The number of nitrogens with one attached hydrogen (secondary N) is 1. The second kappa shape index (κ2) is 5.26. The van der Waals surface area contributed by atoms with Crippen molar-refractivity contribution in [3.05, 3.63) is 0 Å². The molecule has 0 aromatic rings. The Labute approximate surface area is 108 Å². The summed E-state index contributed by atoms with van der Waals surface area (Å²) in [6, 6.07) is 0.206. The summed E-state index contributed by atoms with van der Waals surface area (Å²) < 4.78 is 0. The van der Waals surface area contributed by atoms with Gasteiger partial charge in [-0.15, -0.1) is 0 Å². The highest BCUT2D eigenvalue weighted by molar-refractivity contribution is 5.84. The number of hydrogen-bond donors (Lipinski definition) is 2. The third kappa shape index (κ3) is 2.51. The van der Waals surface area contributed by atoms with Crippen LogP contribution in [0.4, 0.5) is 0 Å². The van der Waals surface area contributed by atoms with E-state index in [0.29, 0.717) is 6.54 Å². The standard InChI is InChI=1S/C13H23N3O2/c1-10(17)16-7-3-11(4-8-16)15-12(18)13(9-14)5-2-6-13/h11H,2-9,14H2,1H3,(H,15,18). The number of carbonyl (C=O) groups excluding carboxylic acids is 2. The van der Waals surface area contributed by atoms with Gasteiger partial charge in [-0.05, 0) is 25.7 Å². The van der Waals surface area contributed by atoms with Crippen molar-refractivity contribution >= 4 is 11.8 Å². The Morgan fingerprint density at radius 2 is 1.94 bits per heavy atom. The molecule has 3 N–H and O–H groups in total. The Morgan fingerprint density at radius 3 is 2.33 bits per heavy atom. The highest BCUT2D eigenvalue weighted by atomic mass is 16.2. The van der Waals surface area contributed by atoms with Crippen molar-refractivity contribution in [2.75, 3.05) is 19.6 Å². The summed E-state index contributed by atoms with van der Waals surface area (Å²) in [4.78, 5) is 25.2. The Hall–Kier alpha value is -1.10. The van der Waals surface area contributed by atoms with Gasteiger partial charge in [0.05, 0.1) is 5.41 Å². The highest BCUT2D eigenvalue weighted by Gasteiger charge is 2.43. The van der Waals surface area contributed by atoms with Crippen LogP contribution >= 0.6 is 0 Å². The Kier molecular flexibility index (Phi) is 3.90. The molecule has 0 atom stereocenters. The second-order valence-corrected chi connectivity index (χ2v) is 5.59. The SMILES string of the molecule is CC(=O)N1CCC(NC(=O)C2(CN)CCC2)CC1. The first-order chi connectivity index (χ1) is 8.57. The monoisotopic (exact) mass is 253 g/mol. The van der Waals surface area contributed by atoms with Crippen LogP contribution in [0.2, 0.25) is 0 Å². The van der Waals surface area contributed by atoms with Gasteiger partial charge < -0.3 is 16.0 Å². The Balaban J connectivity index is 1.81. The number of nitrogens with zero attached hydrogens (tertiary/aromatic N) is 1. The highest BCUT2D eigenvalue weighted by Crippen LogP contribution is 2.40. The lowest BCUT2D eigenvalue weighted by atomic mass is 9.68. The fourth-order valence-electron chi connectivity index (χ4n) is 2.80. The normalized spacial score (nSPS) is 23.3. The molecule has 102 valence electrons. The van der Waals surface area contributed by atoms with Crippen LogP contribution in [0.1, 0.15) is 39.0 Å². The summed E-state index contributed by atoms with van der Waals surface area (Å²) in [5.74, 6) is 0.245. The zero-order valence-corrected chi connectivity index (χ0v) is 11.1. The lowest BCUT2D eigenvalue weighted by Gasteiger charge is -2.41. The first kappa shape index (κ1) is 13.3. The van der Waals surface area contributed by atoms with Gasteiger partial charge in [0.2, 0.25) is 11.8 Å². The van der Waals surface area contributed by atoms with Gasteiger partial charge in [0.1, 0.15) is 0 Å². The number of piperidine rings is 1. The van der Waals surface area contributed by atoms with Crippen molar-refractivity contribution in [3.63, 3.8) is 0 Å². The molecule has 0 radical (unpaired) electrons. The summed E-state index contributed by atoms with van der Waals surface area (Å²) in [6.07, 6.45) is 4.65. The summed E-state index contributed by atoms with van der Waals surface area (Å²) in [6.45, 7) is 3.54. The zero-order chi connectivity index (χ0) is 13.2. The van der Waals surface area contributed by atoms with Crippen LogP contribution in [0.25, 0.3) is 0 Å². The van der Waals surface area contributed by atoms with Crippen LogP contribution < -0.4 is 11.1 Å². The number of nitrogens with two attached hydrogens (primary N) is 1. The maximum atomic E-state index is 12.2. The molecule has 2 fully saturated rings. The summed E-state index contributed by atoms with van der Waals surface area (Å²) in [5, 5.41) is 3.12. The van der Waals surface area contributed by atoms with Gasteiger partial charge in [0.25, 0.3) is 0 Å². The van der Waals surface area contributed by atoms with Crippen LogP contribution in [-0.4, -0.2) is 42.4 Å². The van der Waals surface area contributed by atoms with Crippen LogP contribution in [0.5, 0.6) is 0 Å². The summed E-state index contributed by atoms with van der Waals surface area (Å²) in [7, 11) is 0. The minimum atomic E-state index is -0.294. The van der Waals surface area contributed by atoms with Crippen LogP contribution in [0.15, 0.2) is 0 Å². The van der Waals surface area contributed by atoms with Gasteiger partial charge in [-0.25, -0.2) is 0 Å². The average Bonchev–Trinajstić information content (AvgIpc) is 2.29. The molecular weight excluding hydrogens is 230 g/mol. The Bertz CT molecular complexity index is 326. The molecule has 1 heterocycles. The van der Waals surface area contributed by atoms with E-state index in [4.69, 9.17) is 5.73 Å². The van der Waals surface area contributed by atoms with E-state index in [0.717, 1.165) is 45.2 Å². The van der Waals surface area contributed by atoms with Gasteiger partial charge >= 0.3 is 0 Å². The number of carbonyl (C=O) groups is 2. The van der Waals surface area contributed by atoms with Gasteiger partial charge in [-0.2, -0.15) is 0 Å². The molecule has 0 aromatic carbocycles. The molecule has 18 heavy (non-hydrogen) atoms. The zero-order valence-electron chi connectivity index (χ0n) is 11.1. The third-order valence-corrected chi connectivity index (χ3v) is 4.46. The second-order valence-electron chi connectivity index (χ2n) is 5.59. The van der Waals surface area contributed by atoms with Crippen molar-refractivity contribution in [1.82, 2.24) is 10.2 Å². The van der Waals surface area contributed by atoms with Crippen LogP contribution in [0, 0.1) is 5.41 Å². The number of hydrogen-bond acceptors (Lipinski definition) is 3. The van der Waals surface area contributed by atoms with E-state index in [2.05, 4.69) is 5.32 Å². The van der Waals surface area contributed by atoms with Gasteiger partial charge in [-0.3, -0.25) is 9.59 Å². The minimum Gasteiger partial charge on any atom is -0.353 e. The van der Waals surface area contributed by atoms with Crippen LogP contribution in [0.3, 0.4) is 0 Å². The topological polar surface area (TPSA) is 75.4 Å². The summed E-state index contributed by atoms with van der Waals surface area (Å²) in [5.41, 5.74) is 5.43. The van der Waals surface area contributed by atoms with Crippen molar-refractivity contribution in [2.45, 2.75) is 45.1 Å². The fourth-order valence-corrected chi connectivity index (χ4v) is 2.80. The molecule has 1 saturated carbocycles. The smallest absolute Gasteiger partial charge is 0.227 e. The first-order valence-corrected chi connectivity index (χ1v) is 6.84. The lowest BCUT2D eigenvalue weighted by molar-refractivity contribution is -0.136. The number of rotatable bonds is 3. The lowest BCUT2D eigenvalue weighted by Crippen LogP contribution is -2.54. The van der Waals surface area contributed by atoms with E-state index in [1.165, 1.54) is 0 Å². The van der Waals surface area contributed by atoms with E-state index in [9.17, 15) is 9.59 Å². The molecule has 0 aromatic heterocycles. The molecule has 2 amide bonds. The third-order valence-electron chi connectivity index (χ3n) is 4.46. The first-order valence-electron chi connectivity index (χ1n) is 6.84. The maximum absolute atomic E-state index is 12.2. The molecule has 1 aliphatic carbocycles. The molecule has 5 nitrogen and oxygen atoms in total. The quantitative estimate of drug-likeness (QED) is 0.756. The largest absolute Gasteiger partial charge is 0.353 e. The molecule has 2 aliphatic rings. The fraction of sp³-hybridized carbons (Fsp3) is 0.846. The predicted octanol–water partition coefficient (Wildman–Crippen LogP) is 0.243. The molecule has 5 heteroatoms. The average molecular weight is 253 g/mol. The van der Waals surface area contributed by atoms with Crippen molar-refractivity contribution in [1.29, 1.82) is 0 Å². The van der Waals surface area contributed by atoms with E-state index in [1.807, 2.05) is 4.90 Å². The van der Waals surface area contributed by atoms with Gasteiger partial charge in [0, 0.05) is 32.6 Å². The number of amides is 2. The molecule has 0 unspecified atom stereocenters. The maximum Gasteiger partial charge on any atom is 0.227 e. The van der Waals surface area contributed by atoms with Crippen molar-refractivity contribution < 1.29 is 9.59 Å². The van der Waals surface area contributed by atoms with Crippen molar-refractivity contribution in [3.8, 4) is 0 Å². The summed E-state index contributed by atoms with van der Waals surface area (Å²) >= 11 is 0. The minimum absolute atomic E-state index is 0.122. The van der Waals surface area contributed by atoms with Crippen molar-refractivity contribution in [2.24, 2.45) is 11.1 Å². The van der Waals surface area contributed by atoms with Gasteiger partial charge in [0.15, 0.2) is 0 Å². The van der Waals surface area contributed by atoms with E-state index in [1.54, 1.807) is 6.92 Å². The van der Waals surface area contributed by atoms with E-state index in [-0.39, 0.29) is 23.3 Å². The van der Waals surface area contributed by atoms with Gasteiger partial charge in [-0.1, -0.05) is 6.42 Å². The van der Waals surface area contributed by atoms with E-state index < -0.39 is 0 Å². The molecule has 0 bridgehead atoms. The molecular formula is C13H23N3O2. The molecule has 1 saturated heterocycles.